The van der Waals surface area contributed by atoms with Crippen molar-refractivity contribution in [2.45, 2.75) is 6.92 Å². The molecule has 0 radical (unpaired) electrons. The van der Waals surface area contributed by atoms with E-state index in [2.05, 4.69) is 4.74 Å². The molecule has 0 aliphatic carbocycles. The Hall–Kier alpha value is -0.840. The molecule has 1 rings (SSSR count). The van der Waals surface area contributed by atoms with E-state index >= 15 is 0 Å². The Labute approximate surface area is 110 Å². The summed E-state index contributed by atoms with van der Waals surface area (Å²) in [6.07, 6.45) is 0. The third kappa shape index (κ3) is 4.46. The molecule has 0 bridgehead atoms. The fourth-order valence-electron chi connectivity index (χ4n) is 0.940. The molecule has 1 aromatic carbocycles. The van der Waals surface area contributed by atoms with Crippen molar-refractivity contribution in [2.24, 2.45) is 0 Å². The van der Waals surface area contributed by atoms with Crippen molar-refractivity contribution < 1.29 is 19.1 Å². The zero-order valence-corrected chi connectivity index (χ0v) is 7.73. The van der Waals surface area contributed by atoms with Crippen LogP contribution in [0, 0.1) is 0 Å². The van der Waals surface area contributed by atoms with Gasteiger partial charge in [0.2, 0.25) is 0 Å². The van der Waals surface area contributed by atoms with Crippen LogP contribution in [-0.4, -0.2) is 48.6 Å². The van der Waals surface area contributed by atoms with Gasteiger partial charge in [-0.2, -0.15) is 0 Å². The van der Waals surface area contributed by atoms with Gasteiger partial charge in [-0.15, -0.1) is 0 Å². The fourth-order valence-corrected chi connectivity index (χ4v) is 0.940. The van der Waals surface area contributed by atoms with E-state index in [0.717, 1.165) is 0 Å². The fraction of sp³-hybridized carbons (Fsp3) is 0.200. The minimum atomic E-state index is -0.384. The molecule has 1 aromatic rings. The Kier molecular flexibility index (Phi) is 7.03. The topological polar surface area (TPSA) is 52.6 Å². The monoisotopic (exact) mass is 218 g/mol. The summed E-state index contributed by atoms with van der Waals surface area (Å²) in [4.78, 5) is 21.2. The Morgan fingerprint density at radius 1 is 1.33 bits per heavy atom. The summed E-state index contributed by atoms with van der Waals surface area (Å²) >= 11 is 0. The SMILES string of the molecule is CCOC(=O)c1ccc(OC=O)cc1.[NaH]. The second-order valence-electron chi connectivity index (χ2n) is 2.46. The summed E-state index contributed by atoms with van der Waals surface area (Å²) in [7, 11) is 0. The molecule has 0 aliphatic heterocycles. The Morgan fingerprint density at radius 3 is 2.40 bits per heavy atom. The van der Waals surface area contributed by atoms with Crippen LogP contribution < -0.4 is 4.74 Å². The number of benzene rings is 1. The van der Waals surface area contributed by atoms with E-state index in [-0.39, 0.29) is 35.5 Å². The molecule has 0 N–H and O–H groups in total. The third-order valence-corrected chi connectivity index (χ3v) is 1.55. The molecular formula is C10H11NaO4. The van der Waals surface area contributed by atoms with Crippen LogP contribution in [0.4, 0.5) is 0 Å². The maximum atomic E-state index is 11.2. The van der Waals surface area contributed by atoms with Crippen molar-refractivity contribution in [3.05, 3.63) is 29.8 Å². The second-order valence-corrected chi connectivity index (χ2v) is 2.46. The summed E-state index contributed by atoms with van der Waals surface area (Å²) in [5.41, 5.74) is 0.435. The standard InChI is InChI=1S/C10H10O4.Na.H/c1-2-13-10(12)8-3-5-9(6-4-8)14-7-11;;/h3-7H,2H2,1H3;;. The van der Waals surface area contributed by atoms with Crippen molar-refractivity contribution in [3.63, 3.8) is 0 Å². The van der Waals surface area contributed by atoms with Gasteiger partial charge < -0.3 is 9.47 Å². The Bertz CT molecular complexity index is 321. The molecule has 0 aromatic heterocycles. The molecule has 0 saturated heterocycles. The number of hydrogen-bond acceptors (Lipinski definition) is 4. The summed E-state index contributed by atoms with van der Waals surface area (Å²) in [5, 5.41) is 0. The quantitative estimate of drug-likeness (QED) is 0.425. The van der Waals surface area contributed by atoms with E-state index in [1.807, 2.05) is 0 Å². The van der Waals surface area contributed by atoms with Crippen molar-refractivity contribution in [1.29, 1.82) is 0 Å². The number of ether oxygens (including phenoxy) is 2. The predicted molar refractivity (Wildman–Crippen MR) is 56.2 cm³/mol. The molecule has 0 amide bonds. The van der Waals surface area contributed by atoms with Crippen LogP contribution in [0.25, 0.3) is 0 Å². The normalized spacial score (nSPS) is 8.60. The van der Waals surface area contributed by atoms with Crippen LogP contribution in [0.5, 0.6) is 5.75 Å². The van der Waals surface area contributed by atoms with Gasteiger partial charge in [-0.05, 0) is 31.2 Å². The number of carbonyl (C=O) groups excluding carboxylic acids is 2. The van der Waals surface area contributed by atoms with E-state index in [1.54, 1.807) is 6.92 Å². The molecule has 0 fully saturated rings. The number of esters is 1. The zero-order valence-electron chi connectivity index (χ0n) is 7.73. The van der Waals surface area contributed by atoms with E-state index in [4.69, 9.17) is 4.74 Å². The second kappa shape index (κ2) is 7.45. The Morgan fingerprint density at radius 2 is 1.93 bits per heavy atom. The van der Waals surface area contributed by atoms with Gasteiger partial charge in [0.25, 0.3) is 6.47 Å². The van der Waals surface area contributed by atoms with E-state index in [0.29, 0.717) is 24.4 Å². The van der Waals surface area contributed by atoms with Crippen LogP contribution in [-0.2, 0) is 9.53 Å². The Balaban J connectivity index is 0.00000196. The van der Waals surface area contributed by atoms with Gasteiger partial charge in [0, 0.05) is 0 Å². The molecule has 76 valence electrons. The summed E-state index contributed by atoms with van der Waals surface area (Å²) in [6, 6.07) is 6.13. The molecule has 5 heteroatoms. The van der Waals surface area contributed by atoms with E-state index in [9.17, 15) is 9.59 Å². The van der Waals surface area contributed by atoms with Gasteiger partial charge in [0.15, 0.2) is 0 Å². The molecule has 15 heavy (non-hydrogen) atoms. The van der Waals surface area contributed by atoms with Gasteiger partial charge >= 0.3 is 35.5 Å². The first-order chi connectivity index (χ1) is 6.77. The first-order valence-electron chi connectivity index (χ1n) is 4.15. The van der Waals surface area contributed by atoms with E-state index < -0.39 is 0 Å². The predicted octanol–water partition coefficient (Wildman–Crippen LogP) is 0.750. The van der Waals surface area contributed by atoms with Gasteiger partial charge in [0.05, 0.1) is 12.2 Å². The molecule has 0 atom stereocenters. The first-order valence-corrected chi connectivity index (χ1v) is 4.15. The summed E-state index contributed by atoms with van der Waals surface area (Å²) in [6.45, 7) is 2.41. The van der Waals surface area contributed by atoms with Crippen LogP contribution >= 0.6 is 0 Å². The van der Waals surface area contributed by atoms with Crippen LogP contribution in [0.1, 0.15) is 17.3 Å². The molecule has 0 unspecified atom stereocenters. The summed E-state index contributed by atoms with van der Waals surface area (Å²) < 4.78 is 9.35. The number of hydrogen-bond donors (Lipinski definition) is 0. The van der Waals surface area contributed by atoms with Crippen molar-refractivity contribution in [2.75, 3.05) is 6.61 Å². The van der Waals surface area contributed by atoms with Crippen LogP contribution in [0.2, 0.25) is 0 Å². The molecule has 0 spiro atoms. The minimum absolute atomic E-state index is 0. The van der Waals surface area contributed by atoms with E-state index in [1.165, 1.54) is 24.3 Å². The zero-order chi connectivity index (χ0) is 10.4. The van der Waals surface area contributed by atoms with Crippen molar-refractivity contribution >= 4 is 42.0 Å². The average Bonchev–Trinajstić information content (AvgIpc) is 2.20. The molecule has 4 nitrogen and oxygen atoms in total. The molecule has 0 aliphatic rings. The van der Waals surface area contributed by atoms with Gasteiger partial charge in [-0.1, -0.05) is 0 Å². The molecular weight excluding hydrogens is 207 g/mol. The van der Waals surface area contributed by atoms with Crippen molar-refractivity contribution in [3.8, 4) is 5.75 Å². The maximum absolute atomic E-state index is 11.2. The van der Waals surface area contributed by atoms with Gasteiger partial charge in [0.1, 0.15) is 5.75 Å². The van der Waals surface area contributed by atoms with Crippen molar-refractivity contribution in [1.82, 2.24) is 0 Å². The summed E-state index contributed by atoms with van der Waals surface area (Å²) in [5.74, 6) is 0.0122. The van der Waals surface area contributed by atoms with Crippen LogP contribution in [0.3, 0.4) is 0 Å². The third-order valence-electron chi connectivity index (χ3n) is 1.55. The van der Waals surface area contributed by atoms with Crippen LogP contribution in [0.15, 0.2) is 24.3 Å². The van der Waals surface area contributed by atoms with Gasteiger partial charge in [-0.25, -0.2) is 4.79 Å². The first kappa shape index (κ1) is 14.2. The average molecular weight is 218 g/mol. The molecule has 0 heterocycles. The number of rotatable bonds is 4. The van der Waals surface area contributed by atoms with Gasteiger partial charge in [-0.3, -0.25) is 4.79 Å². The molecule has 0 saturated carbocycles. The number of carbonyl (C=O) groups is 2.